The van der Waals surface area contributed by atoms with Gasteiger partial charge in [-0.25, -0.2) is 13.6 Å². The van der Waals surface area contributed by atoms with Crippen LogP contribution in [0.5, 0.6) is 0 Å². The molecule has 1 amide bonds. The molecular formula is C17H15F2NO3. The molecular weight excluding hydrogens is 304 g/mol. The fourth-order valence-electron chi connectivity index (χ4n) is 2.09. The number of rotatable bonds is 5. The van der Waals surface area contributed by atoms with Crippen LogP contribution >= 0.6 is 0 Å². The van der Waals surface area contributed by atoms with Gasteiger partial charge in [-0.2, -0.15) is 0 Å². The highest BCUT2D eigenvalue weighted by molar-refractivity contribution is 5.97. The first-order chi connectivity index (χ1) is 11.0. The molecule has 120 valence electrons. The van der Waals surface area contributed by atoms with Gasteiger partial charge < -0.3 is 10.1 Å². The molecule has 0 aliphatic heterocycles. The van der Waals surface area contributed by atoms with E-state index >= 15 is 0 Å². The van der Waals surface area contributed by atoms with Gasteiger partial charge in [0.15, 0.2) is 0 Å². The largest absolute Gasteiger partial charge is 0.467 e. The van der Waals surface area contributed by atoms with Crippen LogP contribution in [0, 0.1) is 11.6 Å². The lowest BCUT2D eigenvalue weighted by atomic mass is 10.1. The van der Waals surface area contributed by atoms with Gasteiger partial charge in [-0.05, 0) is 17.7 Å². The van der Waals surface area contributed by atoms with Crippen LogP contribution in [0.15, 0.2) is 48.5 Å². The normalized spacial score (nSPS) is 11.6. The van der Waals surface area contributed by atoms with Crippen molar-refractivity contribution in [2.75, 3.05) is 7.11 Å². The van der Waals surface area contributed by atoms with Crippen molar-refractivity contribution < 1.29 is 23.1 Å². The van der Waals surface area contributed by atoms with Crippen molar-refractivity contribution in [3.05, 3.63) is 71.3 Å². The molecule has 0 spiro atoms. The first-order valence-corrected chi connectivity index (χ1v) is 6.89. The minimum Gasteiger partial charge on any atom is -0.467 e. The summed E-state index contributed by atoms with van der Waals surface area (Å²) >= 11 is 0. The molecule has 23 heavy (non-hydrogen) atoms. The number of halogens is 2. The van der Waals surface area contributed by atoms with Crippen LogP contribution in [0.25, 0.3) is 0 Å². The Bertz CT molecular complexity index is 704. The molecule has 0 aromatic heterocycles. The zero-order chi connectivity index (χ0) is 16.8. The molecule has 1 unspecified atom stereocenters. The summed E-state index contributed by atoms with van der Waals surface area (Å²) in [6, 6.07) is 10.6. The number of amides is 1. The summed E-state index contributed by atoms with van der Waals surface area (Å²) in [5.41, 5.74) is 0.469. The highest BCUT2D eigenvalue weighted by atomic mass is 19.1. The second kappa shape index (κ2) is 7.49. The van der Waals surface area contributed by atoms with Crippen LogP contribution < -0.4 is 5.32 Å². The summed E-state index contributed by atoms with van der Waals surface area (Å²) < 4.78 is 31.2. The van der Waals surface area contributed by atoms with E-state index in [0.717, 1.165) is 17.7 Å². The first kappa shape index (κ1) is 16.6. The van der Waals surface area contributed by atoms with Gasteiger partial charge in [0.2, 0.25) is 0 Å². The summed E-state index contributed by atoms with van der Waals surface area (Å²) in [6.07, 6.45) is 0.196. The number of carbonyl (C=O) groups is 2. The van der Waals surface area contributed by atoms with Crippen LogP contribution in [-0.4, -0.2) is 25.0 Å². The Balaban J connectivity index is 2.17. The monoisotopic (exact) mass is 319 g/mol. The predicted molar refractivity (Wildman–Crippen MR) is 79.8 cm³/mol. The Morgan fingerprint density at radius 2 is 1.83 bits per heavy atom. The van der Waals surface area contributed by atoms with Gasteiger partial charge in [-0.3, -0.25) is 4.79 Å². The Morgan fingerprint density at radius 1 is 1.13 bits per heavy atom. The average molecular weight is 319 g/mol. The Hall–Kier alpha value is -2.76. The molecule has 0 aliphatic carbocycles. The quantitative estimate of drug-likeness (QED) is 0.862. The number of hydrogen-bond acceptors (Lipinski definition) is 3. The van der Waals surface area contributed by atoms with Gasteiger partial charge in [0.1, 0.15) is 17.7 Å². The highest BCUT2D eigenvalue weighted by Crippen LogP contribution is 2.11. The van der Waals surface area contributed by atoms with E-state index in [1.807, 2.05) is 6.07 Å². The third-order valence-electron chi connectivity index (χ3n) is 3.25. The number of hydrogen-bond donors (Lipinski definition) is 1. The molecule has 2 aromatic carbocycles. The van der Waals surface area contributed by atoms with Crippen molar-refractivity contribution >= 4 is 11.9 Å². The number of carbonyl (C=O) groups excluding carboxylic acids is 2. The lowest BCUT2D eigenvalue weighted by Crippen LogP contribution is -2.43. The van der Waals surface area contributed by atoms with Gasteiger partial charge >= 0.3 is 5.97 Å². The number of esters is 1. The lowest BCUT2D eigenvalue weighted by Gasteiger charge is -2.17. The summed E-state index contributed by atoms with van der Waals surface area (Å²) in [4.78, 5) is 23.9. The van der Waals surface area contributed by atoms with Gasteiger partial charge in [-0.15, -0.1) is 0 Å². The average Bonchev–Trinajstić information content (AvgIpc) is 2.54. The minimum atomic E-state index is -0.995. The second-order valence-electron chi connectivity index (χ2n) is 4.86. The van der Waals surface area contributed by atoms with E-state index in [2.05, 4.69) is 10.1 Å². The molecule has 0 fully saturated rings. The Morgan fingerprint density at radius 3 is 2.43 bits per heavy atom. The molecule has 0 aliphatic rings. The summed E-state index contributed by atoms with van der Waals surface area (Å²) in [7, 11) is 1.20. The van der Waals surface area contributed by atoms with Crippen LogP contribution in [0.4, 0.5) is 8.78 Å². The molecule has 0 bridgehead atoms. The molecule has 4 nitrogen and oxygen atoms in total. The van der Waals surface area contributed by atoms with Gasteiger partial charge in [-0.1, -0.05) is 30.3 Å². The van der Waals surface area contributed by atoms with Gasteiger partial charge in [0.05, 0.1) is 12.7 Å². The molecule has 0 heterocycles. The molecule has 1 N–H and O–H groups in total. The van der Waals surface area contributed by atoms with Crippen LogP contribution in [-0.2, 0) is 16.0 Å². The van der Waals surface area contributed by atoms with E-state index in [-0.39, 0.29) is 12.0 Å². The zero-order valence-electron chi connectivity index (χ0n) is 12.4. The Kier molecular flexibility index (Phi) is 5.41. The maximum Gasteiger partial charge on any atom is 0.328 e. The third kappa shape index (κ3) is 4.35. The van der Waals surface area contributed by atoms with E-state index < -0.39 is 29.6 Å². The lowest BCUT2D eigenvalue weighted by molar-refractivity contribution is -0.142. The number of methoxy groups -OCH3 is 1. The molecule has 2 aromatic rings. The number of benzene rings is 2. The van der Waals surface area contributed by atoms with E-state index in [9.17, 15) is 18.4 Å². The maximum atomic E-state index is 13.6. The van der Waals surface area contributed by atoms with Crippen molar-refractivity contribution in [2.24, 2.45) is 0 Å². The standard InChI is InChI=1S/C17H15F2NO3/c1-23-17(22)15(9-11-5-3-2-4-6-11)20-16(21)13-8-7-12(18)10-14(13)19/h2-8,10,15H,9H2,1H3,(H,20,21). The predicted octanol–water partition coefficient (Wildman–Crippen LogP) is 2.48. The third-order valence-corrected chi connectivity index (χ3v) is 3.25. The smallest absolute Gasteiger partial charge is 0.328 e. The summed E-state index contributed by atoms with van der Waals surface area (Å²) in [5.74, 6) is -3.24. The minimum absolute atomic E-state index is 0.196. The molecule has 6 heteroatoms. The van der Waals surface area contributed by atoms with Crippen LogP contribution in [0.1, 0.15) is 15.9 Å². The number of ether oxygens (including phenoxy) is 1. The van der Waals surface area contributed by atoms with E-state index in [1.54, 1.807) is 24.3 Å². The summed E-state index contributed by atoms with van der Waals surface area (Å²) in [5, 5.41) is 2.42. The molecule has 0 radical (unpaired) electrons. The SMILES string of the molecule is COC(=O)C(Cc1ccccc1)NC(=O)c1ccc(F)cc1F. The van der Waals surface area contributed by atoms with Gasteiger partial charge in [0, 0.05) is 12.5 Å². The van der Waals surface area contributed by atoms with E-state index in [1.165, 1.54) is 7.11 Å². The highest BCUT2D eigenvalue weighted by Gasteiger charge is 2.24. The fraction of sp³-hybridized carbons (Fsp3) is 0.176. The van der Waals surface area contributed by atoms with Crippen molar-refractivity contribution in [3.8, 4) is 0 Å². The van der Waals surface area contributed by atoms with Crippen LogP contribution in [0.2, 0.25) is 0 Å². The molecule has 2 rings (SSSR count). The Labute approximate surface area is 132 Å². The topological polar surface area (TPSA) is 55.4 Å². The van der Waals surface area contributed by atoms with Crippen molar-refractivity contribution in [3.63, 3.8) is 0 Å². The second-order valence-corrected chi connectivity index (χ2v) is 4.86. The number of nitrogens with one attached hydrogen (secondary N) is 1. The van der Waals surface area contributed by atoms with Gasteiger partial charge in [0.25, 0.3) is 5.91 Å². The molecule has 0 saturated heterocycles. The van der Waals surface area contributed by atoms with Crippen molar-refractivity contribution in [2.45, 2.75) is 12.5 Å². The van der Waals surface area contributed by atoms with E-state index in [0.29, 0.717) is 6.07 Å². The van der Waals surface area contributed by atoms with Crippen LogP contribution in [0.3, 0.4) is 0 Å². The first-order valence-electron chi connectivity index (χ1n) is 6.89. The maximum absolute atomic E-state index is 13.6. The molecule has 0 saturated carbocycles. The summed E-state index contributed by atoms with van der Waals surface area (Å²) in [6.45, 7) is 0. The van der Waals surface area contributed by atoms with E-state index in [4.69, 9.17) is 0 Å². The molecule has 1 atom stereocenters. The fourth-order valence-corrected chi connectivity index (χ4v) is 2.09. The zero-order valence-corrected chi connectivity index (χ0v) is 12.4. The van der Waals surface area contributed by atoms with Crippen molar-refractivity contribution in [1.82, 2.24) is 5.32 Å². The van der Waals surface area contributed by atoms with Crippen molar-refractivity contribution in [1.29, 1.82) is 0 Å².